The highest BCUT2D eigenvalue weighted by atomic mass is 32.2. The number of hydrogen-bond acceptors (Lipinski definition) is 3. The van der Waals surface area contributed by atoms with E-state index in [1.807, 2.05) is 35.8 Å². The second-order valence-corrected chi connectivity index (χ2v) is 5.17. The zero-order chi connectivity index (χ0) is 11.8. The van der Waals surface area contributed by atoms with Crippen molar-refractivity contribution < 1.29 is 4.79 Å². The van der Waals surface area contributed by atoms with Gasteiger partial charge in [-0.3, -0.25) is 4.79 Å². The highest BCUT2D eigenvalue weighted by Crippen LogP contribution is 2.32. The Bertz CT molecular complexity index is 572. The molecule has 1 aromatic carbocycles. The molecule has 1 aromatic heterocycles. The standard InChI is InChI=1S/C13H12N2OS/c1-9-2-4-10(5-3-9)12-11(8-16)15-6-7-17-13(15)14-12/h2-5,8H,6-7H2,1H3. The third-order valence-corrected chi connectivity index (χ3v) is 3.91. The van der Waals surface area contributed by atoms with Gasteiger partial charge in [-0.25, -0.2) is 4.98 Å². The summed E-state index contributed by atoms with van der Waals surface area (Å²) >= 11 is 1.71. The van der Waals surface area contributed by atoms with Crippen LogP contribution in [-0.2, 0) is 6.54 Å². The summed E-state index contributed by atoms with van der Waals surface area (Å²) in [5, 5.41) is 0.961. The monoisotopic (exact) mass is 244 g/mol. The Morgan fingerprint density at radius 3 is 2.82 bits per heavy atom. The molecule has 0 amide bonds. The molecule has 0 unspecified atom stereocenters. The van der Waals surface area contributed by atoms with E-state index in [9.17, 15) is 4.79 Å². The number of hydrogen-bond donors (Lipinski definition) is 0. The predicted molar refractivity (Wildman–Crippen MR) is 68.5 cm³/mol. The van der Waals surface area contributed by atoms with Crippen LogP contribution in [0.4, 0.5) is 0 Å². The number of aryl methyl sites for hydroxylation is 1. The molecule has 0 aliphatic carbocycles. The summed E-state index contributed by atoms with van der Waals surface area (Å²) in [5.41, 5.74) is 3.73. The zero-order valence-corrected chi connectivity index (χ0v) is 10.3. The van der Waals surface area contributed by atoms with Gasteiger partial charge in [0.1, 0.15) is 11.4 Å². The van der Waals surface area contributed by atoms with Gasteiger partial charge in [-0.1, -0.05) is 41.6 Å². The van der Waals surface area contributed by atoms with E-state index in [0.717, 1.165) is 35.0 Å². The van der Waals surface area contributed by atoms with Gasteiger partial charge in [0.25, 0.3) is 0 Å². The summed E-state index contributed by atoms with van der Waals surface area (Å²) in [6.07, 6.45) is 0.914. The highest BCUT2D eigenvalue weighted by Gasteiger charge is 2.21. The molecule has 4 heteroatoms. The first-order valence-corrected chi connectivity index (χ1v) is 6.53. The Kier molecular flexibility index (Phi) is 2.52. The first-order valence-electron chi connectivity index (χ1n) is 5.55. The quantitative estimate of drug-likeness (QED) is 0.762. The van der Waals surface area contributed by atoms with Crippen LogP contribution < -0.4 is 0 Å². The number of carbonyl (C=O) groups excluding carboxylic acids is 1. The second kappa shape index (κ2) is 4.04. The van der Waals surface area contributed by atoms with E-state index < -0.39 is 0 Å². The molecule has 2 aromatic rings. The fraction of sp³-hybridized carbons (Fsp3) is 0.231. The zero-order valence-electron chi connectivity index (χ0n) is 9.51. The van der Waals surface area contributed by atoms with Gasteiger partial charge in [-0.2, -0.15) is 0 Å². The molecule has 86 valence electrons. The van der Waals surface area contributed by atoms with Crippen molar-refractivity contribution in [3.8, 4) is 11.3 Å². The maximum absolute atomic E-state index is 11.2. The van der Waals surface area contributed by atoms with E-state index in [4.69, 9.17) is 0 Å². The van der Waals surface area contributed by atoms with Gasteiger partial charge in [0, 0.05) is 17.9 Å². The van der Waals surface area contributed by atoms with Crippen molar-refractivity contribution >= 4 is 18.0 Å². The van der Waals surface area contributed by atoms with Crippen LogP contribution in [0.5, 0.6) is 0 Å². The molecule has 2 heterocycles. The van der Waals surface area contributed by atoms with E-state index in [1.165, 1.54) is 5.56 Å². The molecule has 0 spiro atoms. The Morgan fingerprint density at radius 1 is 1.35 bits per heavy atom. The molecule has 0 saturated carbocycles. The summed E-state index contributed by atoms with van der Waals surface area (Å²) < 4.78 is 2.01. The molecule has 0 bridgehead atoms. The largest absolute Gasteiger partial charge is 0.315 e. The van der Waals surface area contributed by atoms with E-state index in [2.05, 4.69) is 4.98 Å². The predicted octanol–water partition coefficient (Wildman–Crippen LogP) is 2.78. The van der Waals surface area contributed by atoms with Gasteiger partial charge in [0.15, 0.2) is 11.4 Å². The summed E-state index contributed by atoms with van der Waals surface area (Å²) in [4.78, 5) is 15.8. The fourth-order valence-electron chi connectivity index (χ4n) is 2.04. The van der Waals surface area contributed by atoms with Crippen molar-refractivity contribution in [2.45, 2.75) is 18.6 Å². The number of aldehydes is 1. The van der Waals surface area contributed by atoms with Crippen molar-refractivity contribution in [1.29, 1.82) is 0 Å². The number of nitrogens with zero attached hydrogens (tertiary/aromatic N) is 2. The van der Waals surface area contributed by atoms with Crippen LogP contribution >= 0.6 is 11.8 Å². The van der Waals surface area contributed by atoms with Gasteiger partial charge >= 0.3 is 0 Å². The van der Waals surface area contributed by atoms with Crippen LogP contribution in [0.25, 0.3) is 11.3 Å². The number of rotatable bonds is 2. The molecule has 3 rings (SSSR count). The normalized spacial score (nSPS) is 13.7. The lowest BCUT2D eigenvalue weighted by atomic mass is 10.1. The van der Waals surface area contributed by atoms with E-state index in [0.29, 0.717) is 5.69 Å². The highest BCUT2D eigenvalue weighted by molar-refractivity contribution is 7.99. The average molecular weight is 244 g/mol. The number of fused-ring (bicyclic) bond motifs is 1. The van der Waals surface area contributed by atoms with Crippen molar-refractivity contribution in [2.75, 3.05) is 5.75 Å². The first kappa shape index (κ1) is 10.6. The molecule has 0 N–H and O–H groups in total. The van der Waals surface area contributed by atoms with Crippen LogP contribution in [0.15, 0.2) is 29.4 Å². The summed E-state index contributed by atoms with van der Waals surface area (Å²) in [7, 11) is 0. The summed E-state index contributed by atoms with van der Waals surface area (Å²) in [6.45, 7) is 2.93. The fourth-order valence-corrected chi connectivity index (χ4v) is 3.00. The molecule has 1 aliphatic heterocycles. The van der Waals surface area contributed by atoms with Gasteiger partial charge in [0.05, 0.1) is 0 Å². The SMILES string of the molecule is Cc1ccc(-c2nc3n(c2C=O)CCS3)cc1. The third kappa shape index (κ3) is 1.69. The Morgan fingerprint density at radius 2 is 2.12 bits per heavy atom. The van der Waals surface area contributed by atoms with Crippen LogP contribution in [0.3, 0.4) is 0 Å². The summed E-state index contributed by atoms with van der Waals surface area (Å²) in [5.74, 6) is 1.01. The number of carbonyl (C=O) groups is 1. The third-order valence-electron chi connectivity index (χ3n) is 2.95. The van der Waals surface area contributed by atoms with Gasteiger partial charge < -0.3 is 4.57 Å². The number of imidazole rings is 1. The molecule has 1 aliphatic rings. The second-order valence-electron chi connectivity index (χ2n) is 4.11. The molecule has 0 atom stereocenters. The maximum atomic E-state index is 11.2. The molecular formula is C13H12N2OS. The van der Waals surface area contributed by atoms with E-state index in [1.54, 1.807) is 11.8 Å². The number of benzene rings is 1. The van der Waals surface area contributed by atoms with E-state index >= 15 is 0 Å². The number of aromatic nitrogens is 2. The molecule has 0 radical (unpaired) electrons. The Labute approximate surface area is 104 Å². The topological polar surface area (TPSA) is 34.9 Å². The van der Waals surface area contributed by atoms with Gasteiger partial charge in [-0.05, 0) is 6.92 Å². The molecule has 17 heavy (non-hydrogen) atoms. The Balaban J connectivity index is 2.15. The van der Waals surface area contributed by atoms with Gasteiger partial charge in [-0.15, -0.1) is 0 Å². The minimum absolute atomic E-state index is 0.703. The maximum Gasteiger partial charge on any atom is 0.169 e. The lowest BCUT2D eigenvalue weighted by Gasteiger charge is -2.01. The minimum Gasteiger partial charge on any atom is -0.315 e. The average Bonchev–Trinajstić information content (AvgIpc) is 2.89. The smallest absolute Gasteiger partial charge is 0.169 e. The molecular weight excluding hydrogens is 232 g/mol. The van der Waals surface area contributed by atoms with Crippen molar-refractivity contribution in [1.82, 2.24) is 9.55 Å². The first-order chi connectivity index (χ1) is 8.29. The van der Waals surface area contributed by atoms with Crippen LogP contribution in [0.1, 0.15) is 16.1 Å². The summed E-state index contributed by atoms with van der Waals surface area (Å²) in [6, 6.07) is 8.12. The van der Waals surface area contributed by atoms with Crippen molar-refractivity contribution in [3.63, 3.8) is 0 Å². The lowest BCUT2D eigenvalue weighted by Crippen LogP contribution is -1.99. The van der Waals surface area contributed by atoms with Gasteiger partial charge in [0.2, 0.25) is 0 Å². The van der Waals surface area contributed by atoms with Crippen molar-refractivity contribution in [2.24, 2.45) is 0 Å². The Hall–Kier alpha value is -1.55. The van der Waals surface area contributed by atoms with E-state index in [-0.39, 0.29) is 0 Å². The van der Waals surface area contributed by atoms with Crippen molar-refractivity contribution in [3.05, 3.63) is 35.5 Å². The van der Waals surface area contributed by atoms with Crippen LogP contribution in [-0.4, -0.2) is 21.6 Å². The molecule has 0 fully saturated rings. The van der Waals surface area contributed by atoms with Crippen LogP contribution in [0, 0.1) is 6.92 Å². The molecule has 0 saturated heterocycles. The molecule has 3 nitrogen and oxygen atoms in total. The number of thioether (sulfide) groups is 1. The lowest BCUT2D eigenvalue weighted by molar-refractivity contribution is 0.111. The minimum atomic E-state index is 0.703. The van der Waals surface area contributed by atoms with Crippen LogP contribution in [0.2, 0.25) is 0 Å².